The molecule has 0 saturated heterocycles. The minimum absolute atomic E-state index is 0. The first-order valence-corrected chi connectivity index (χ1v) is 17.0. The first kappa shape index (κ1) is 36.1. The number of quaternary nitrogens is 1. The summed E-state index contributed by atoms with van der Waals surface area (Å²) in [7, 11) is 2.40. The van der Waals surface area contributed by atoms with Gasteiger partial charge in [0.25, 0.3) is 0 Å². The van der Waals surface area contributed by atoms with Crippen LogP contribution in [0.3, 0.4) is 0 Å². The Morgan fingerprint density at radius 3 is 1.98 bits per heavy atom. The smallest absolute Gasteiger partial charge is 0.315 e. The highest BCUT2D eigenvalue weighted by Gasteiger charge is 2.39. The number of hydrogen-bond acceptors (Lipinski definition) is 3. The van der Waals surface area contributed by atoms with E-state index >= 15 is 0 Å². The third-order valence-corrected chi connectivity index (χ3v) is 10.5. The molecule has 0 radical (unpaired) electrons. The van der Waals surface area contributed by atoms with E-state index in [9.17, 15) is 14.7 Å². The second-order valence-electron chi connectivity index (χ2n) is 14.1. The van der Waals surface area contributed by atoms with Crippen molar-refractivity contribution in [1.82, 2.24) is 10.6 Å². The van der Waals surface area contributed by atoms with E-state index in [-0.39, 0.29) is 47.8 Å². The van der Waals surface area contributed by atoms with E-state index in [1.165, 1.54) is 24.1 Å². The molecule has 1 aliphatic heterocycles. The maximum Gasteiger partial charge on any atom is 0.315 e. The summed E-state index contributed by atoms with van der Waals surface area (Å²) in [6.07, 6.45) is 7.51. The topological polar surface area (TPSA) is 78.4 Å². The molecule has 1 fully saturated rings. The van der Waals surface area contributed by atoms with E-state index in [4.69, 9.17) is 0 Å². The summed E-state index contributed by atoms with van der Waals surface area (Å²) >= 11 is 0. The monoisotopic (exact) mass is 737 g/mol. The molecule has 2 aliphatic rings. The summed E-state index contributed by atoms with van der Waals surface area (Å²) < 4.78 is 1.08. The van der Waals surface area contributed by atoms with Gasteiger partial charge in [0, 0.05) is 30.4 Å². The molecule has 1 unspecified atom stereocenters. The predicted octanol–water partition coefficient (Wildman–Crippen LogP) is 3.65. The Hall–Kier alpha value is -2.75. The number of Topliss-reactive ketones (excluding diaryl/α,β-unsaturated/α-hetero) is 1. The largest absolute Gasteiger partial charge is 1.00 e. The number of amides is 2. The lowest BCUT2D eigenvalue weighted by Gasteiger charge is -2.37. The van der Waals surface area contributed by atoms with Crippen molar-refractivity contribution < 1.29 is 43.2 Å². The summed E-state index contributed by atoms with van der Waals surface area (Å²) in [5.74, 6) is 0.941. The maximum absolute atomic E-state index is 13.1. The molecule has 1 aliphatic carbocycles. The van der Waals surface area contributed by atoms with Gasteiger partial charge in [0.05, 0.1) is 32.7 Å². The normalized spacial score (nSPS) is 22.1. The predicted molar refractivity (Wildman–Crippen MR) is 181 cm³/mol. The summed E-state index contributed by atoms with van der Waals surface area (Å²) in [5.41, 5.74) is 3.77. The van der Waals surface area contributed by atoms with E-state index in [2.05, 4.69) is 29.8 Å². The molecular weight excluding hydrogens is 685 g/mol. The number of rotatable bonds is 10. The van der Waals surface area contributed by atoms with Crippen LogP contribution in [0.5, 0.6) is 0 Å². The van der Waals surface area contributed by atoms with E-state index in [0.717, 1.165) is 72.8 Å². The van der Waals surface area contributed by atoms with Crippen LogP contribution in [0.4, 0.5) is 4.79 Å². The van der Waals surface area contributed by atoms with Crippen LogP contribution < -0.4 is 34.6 Å². The van der Waals surface area contributed by atoms with Gasteiger partial charge in [-0.15, -0.1) is 0 Å². The van der Waals surface area contributed by atoms with Crippen molar-refractivity contribution in [1.29, 1.82) is 0 Å². The average Bonchev–Trinajstić information content (AvgIpc) is 3.23. The number of carbonyl (C=O) groups excluding carboxylic acids is 2. The average molecular weight is 738 g/mol. The van der Waals surface area contributed by atoms with Gasteiger partial charge in [-0.3, -0.25) is 4.79 Å². The van der Waals surface area contributed by atoms with Crippen LogP contribution in [0.1, 0.15) is 85.5 Å². The number of carbonyl (C=O) groups is 2. The highest BCUT2D eigenvalue weighted by molar-refractivity contribution is 5.97. The molecule has 248 valence electrons. The van der Waals surface area contributed by atoms with E-state index < -0.39 is 11.6 Å². The number of aliphatic hydroxyl groups is 1. The van der Waals surface area contributed by atoms with E-state index in [1.54, 1.807) is 0 Å². The Labute approximate surface area is 293 Å². The second kappa shape index (κ2) is 15.9. The van der Waals surface area contributed by atoms with Crippen LogP contribution in [0, 0.1) is 11.8 Å². The zero-order valence-electron chi connectivity index (χ0n) is 28.0. The van der Waals surface area contributed by atoms with Gasteiger partial charge in [-0.25, -0.2) is 4.79 Å². The van der Waals surface area contributed by atoms with E-state index in [1.807, 2.05) is 87.5 Å². The van der Waals surface area contributed by atoms with Gasteiger partial charge in [0.15, 0.2) is 5.78 Å². The lowest BCUT2D eigenvalue weighted by Crippen LogP contribution is -3.00. The fraction of sp³-hybridized carbons (Fsp3) is 0.487. The van der Waals surface area contributed by atoms with Gasteiger partial charge in [-0.05, 0) is 73.3 Å². The molecule has 46 heavy (non-hydrogen) atoms. The Morgan fingerprint density at radius 1 is 0.848 bits per heavy atom. The van der Waals surface area contributed by atoms with Gasteiger partial charge in [-0.1, -0.05) is 86.6 Å². The summed E-state index contributed by atoms with van der Waals surface area (Å²) in [6, 6.07) is 24.9. The quantitative estimate of drug-likeness (QED) is 0.169. The molecule has 7 heteroatoms. The minimum Gasteiger partial charge on any atom is -1.00 e. The standard InChI is InChI=1S/C39H51N3O3.HI/c1-28(2)37(43)33-18-17-31-22-25-42(4,26-23-32(31)27-33)24-21-30-15-19-36(20-16-30)41-38(44)40-29(3)39(45,34-11-7-5-8-12-34)35-13-9-6-10-14-35;/h5-14,17-18,27-30,36,45H,15-16,19-26H2,1-4H3,(H-,40,41,44);1H/t29-,30-,36-,42?;/m1./s1. The van der Waals surface area contributed by atoms with Gasteiger partial charge in [-0.2, -0.15) is 0 Å². The van der Waals surface area contributed by atoms with Crippen LogP contribution >= 0.6 is 0 Å². The SMILES string of the molecule is CC(C)C(=O)c1ccc2c(c1)CC[N+](C)(CC[C@H]1CC[C@H](NC(=O)N[C@H](C)C(O)(c3ccccc3)c3ccccc3)CC1)CC2.[I-]. The number of ketones is 1. The van der Waals surface area contributed by atoms with Crippen LogP contribution in [0.2, 0.25) is 0 Å². The molecule has 0 spiro atoms. The van der Waals surface area contributed by atoms with Gasteiger partial charge >= 0.3 is 6.03 Å². The number of urea groups is 1. The lowest BCUT2D eigenvalue weighted by atomic mass is 9.81. The zero-order valence-corrected chi connectivity index (χ0v) is 30.1. The maximum atomic E-state index is 13.1. The van der Waals surface area contributed by atoms with Gasteiger partial charge in [0.2, 0.25) is 0 Å². The molecular formula is C39H52IN3O3. The van der Waals surface area contributed by atoms with Crippen molar-refractivity contribution in [3.05, 3.63) is 107 Å². The van der Waals surface area contributed by atoms with Crippen LogP contribution in [-0.4, -0.2) is 60.2 Å². The van der Waals surface area contributed by atoms with Crippen molar-refractivity contribution in [2.75, 3.05) is 26.7 Å². The zero-order chi connectivity index (χ0) is 32.0. The fourth-order valence-corrected chi connectivity index (χ4v) is 7.37. The van der Waals surface area contributed by atoms with Gasteiger partial charge in [0.1, 0.15) is 5.60 Å². The molecule has 2 amide bonds. The van der Waals surface area contributed by atoms with Crippen LogP contribution in [-0.2, 0) is 18.4 Å². The molecule has 2 atom stereocenters. The molecule has 5 rings (SSSR count). The van der Waals surface area contributed by atoms with Crippen molar-refractivity contribution in [3.8, 4) is 0 Å². The molecule has 1 saturated carbocycles. The molecule has 0 aromatic heterocycles. The summed E-state index contributed by atoms with van der Waals surface area (Å²) in [5, 5.41) is 18.2. The van der Waals surface area contributed by atoms with Crippen LogP contribution in [0.15, 0.2) is 78.9 Å². The molecule has 3 aromatic rings. The Balaban J connectivity index is 0.00000480. The minimum atomic E-state index is -1.35. The van der Waals surface area contributed by atoms with Crippen molar-refractivity contribution >= 4 is 11.8 Å². The van der Waals surface area contributed by atoms with Crippen molar-refractivity contribution in [2.45, 2.75) is 83.4 Å². The molecule has 0 bridgehead atoms. The number of nitrogens with one attached hydrogen (secondary N) is 2. The molecule has 1 heterocycles. The van der Waals surface area contributed by atoms with Crippen LogP contribution in [0.25, 0.3) is 0 Å². The lowest BCUT2D eigenvalue weighted by molar-refractivity contribution is -0.909. The highest BCUT2D eigenvalue weighted by atomic mass is 127. The number of fused-ring (bicyclic) bond motifs is 1. The molecule has 3 N–H and O–H groups in total. The fourth-order valence-electron chi connectivity index (χ4n) is 7.37. The Bertz CT molecular complexity index is 1400. The second-order valence-corrected chi connectivity index (χ2v) is 14.1. The number of likely N-dealkylation sites (N-methyl/N-ethyl adjacent to an activating group) is 1. The number of halogens is 1. The number of benzene rings is 3. The Kier molecular flexibility index (Phi) is 12.5. The summed E-state index contributed by atoms with van der Waals surface area (Å²) in [4.78, 5) is 25.7. The number of hydrogen-bond donors (Lipinski definition) is 3. The Morgan fingerprint density at radius 2 is 1.41 bits per heavy atom. The van der Waals surface area contributed by atoms with Gasteiger partial charge < -0.3 is 44.2 Å². The number of nitrogens with zero attached hydrogens (tertiary/aromatic N) is 1. The van der Waals surface area contributed by atoms with Crippen molar-refractivity contribution in [3.63, 3.8) is 0 Å². The third kappa shape index (κ3) is 8.58. The highest BCUT2D eigenvalue weighted by Crippen LogP contribution is 2.33. The van der Waals surface area contributed by atoms with Crippen molar-refractivity contribution in [2.24, 2.45) is 11.8 Å². The first-order chi connectivity index (χ1) is 21.6. The molecule has 3 aromatic carbocycles. The molecule has 6 nitrogen and oxygen atoms in total. The van der Waals surface area contributed by atoms with E-state index in [0.29, 0.717) is 5.92 Å². The summed E-state index contributed by atoms with van der Waals surface area (Å²) in [6.45, 7) is 9.23. The first-order valence-electron chi connectivity index (χ1n) is 17.0. The third-order valence-electron chi connectivity index (χ3n) is 10.5.